The molecular formula is C23H23N5O2. The molecule has 2 N–H and O–H groups in total. The number of fused-ring (bicyclic) bond motifs is 1. The number of ether oxygens (including phenoxy) is 2. The zero-order valence-electron chi connectivity index (χ0n) is 16.8. The molecule has 7 heteroatoms. The minimum absolute atomic E-state index is 0.0785. The second-order valence-electron chi connectivity index (χ2n) is 7.22. The van der Waals surface area contributed by atoms with Crippen LogP contribution in [0.5, 0.6) is 5.75 Å². The van der Waals surface area contributed by atoms with Crippen LogP contribution in [-0.4, -0.2) is 48.8 Å². The Morgan fingerprint density at radius 2 is 2.20 bits per heavy atom. The lowest BCUT2D eigenvalue weighted by Crippen LogP contribution is -2.26. The summed E-state index contributed by atoms with van der Waals surface area (Å²) in [5.41, 5.74) is 4.01. The highest BCUT2D eigenvalue weighted by atomic mass is 16.5. The third-order valence-corrected chi connectivity index (χ3v) is 5.30. The molecule has 0 bridgehead atoms. The monoisotopic (exact) mass is 401 g/mol. The fourth-order valence-corrected chi connectivity index (χ4v) is 3.69. The molecule has 1 fully saturated rings. The molecule has 0 spiro atoms. The van der Waals surface area contributed by atoms with Crippen LogP contribution < -0.4 is 4.74 Å². The predicted molar refractivity (Wildman–Crippen MR) is 117 cm³/mol. The van der Waals surface area contributed by atoms with Crippen LogP contribution in [0.4, 0.5) is 0 Å². The summed E-state index contributed by atoms with van der Waals surface area (Å²) in [7, 11) is 1.69. The van der Waals surface area contributed by atoms with Crippen LogP contribution in [-0.2, 0) is 4.74 Å². The van der Waals surface area contributed by atoms with Crippen LogP contribution in [0.2, 0.25) is 0 Å². The summed E-state index contributed by atoms with van der Waals surface area (Å²) in [5.74, 6) is 0.384. The Balaban J connectivity index is 1.69. The quantitative estimate of drug-likeness (QED) is 0.607. The van der Waals surface area contributed by atoms with Gasteiger partial charge >= 0.3 is 0 Å². The molecule has 2 aromatic heterocycles. The minimum Gasteiger partial charge on any atom is -0.489 e. The second kappa shape index (κ2) is 8.89. The van der Waals surface area contributed by atoms with Gasteiger partial charge in [0, 0.05) is 55.7 Å². The lowest BCUT2D eigenvalue weighted by atomic mass is 9.99. The van der Waals surface area contributed by atoms with E-state index in [0.29, 0.717) is 24.5 Å². The van der Waals surface area contributed by atoms with Crippen molar-refractivity contribution in [3.05, 3.63) is 47.8 Å². The highest BCUT2D eigenvalue weighted by Gasteiger charge is 2.18. The van der Waals surface area contributed by atoms with Crippen LogP contribution in [0.25, 0.3) is 22.2 Å². The highest BCUT2D eigenvalue weighted by molar-refractivity contribution is 5.96. The number of aromatic amines is 1. The maximum atomic E-state index is 9.68. The number of nitrogens with one attached hydrogen (secondary N) is 2. The lowest BCUT2D eigenvalue weighted by molar-refractivity contribution is 0.0254. The molecule has 0 radical (unpaired) electrons. The topological polar surface area (TPSA) is 107 Å². The summed E-state index contributed by atoms with van der Waals surface area (Å²) in [6.07, 6.45) is 8.46. The number of rotatable bonds is 6. The molecule has 7 nitrogen and oxygen atoms in total. The number of nitrogens with zero attached hydrogens (tertiary/aromatic N) is 3. The Morgan fingerprint density at radius 1 is 1.37 bits per heavy atom. The molecular weight excluding hydrogens is 378 g/mol. The van der Waals surface area contributed by atoms with Gasteiger partial charge in [-0.1, -0.05) is 6.07 Å². The smallest absolute Gasteiger partial charge is 0.137 e. The normalized spacial score (nSPS) is 15.9. The van der Waals surface area contributed by atoms with E-state index in [9.17, 15) is 5.26 Å². The van der Waals surface area contributed by atoms with E-state index in [1.54, 1.807) is 19.5 Å². The number of hydrogen-bond acceptors (Lipinski definition) is 6. The lowest BCUT2D eigenvalue weighted by Gasteiger charge is -2.23. The fourth-order valence-electron chi connectivity index (χ4n) is 3.69. The van der Waals surface area contributed by atoms with E-state index in [2.05, 4.69) is 21.0 Å². The molecule has 3 heterocycles. The fraction of sp³-hybridized carbons (Fsp3) is 0.304. The predicted octanol–water partition coefficient (Wildman–Crippen LogP) is 4.09. The Kier molecular flexibility index (Phi) is 5.87. The zero-order valence-corrected chi connectivity index (χ0v) is 16.8. The summed E-state index contributed by atoms with van der Waals surface area (Å²) >= 11 is 0. The average Bonchev–Trinajstić information content (AvgIpc) is 3.21. The maximum Gasteiger partial charge on any atom is 0.137 e. The summed E-state index contributed by atoms with van der Waals surface area (Å²) in [5, 5.41) is 18.3. The molecule has 0 amide bonds. The van der Waals surface area contributed by atoms with Crippen LogP contribution in [0.1, 0.15) is 29.9 Å². The first-order valence-electron chi connectivity index (χ1n) is 9.92. The molecule has 30 heavy (non-hydrogen) atoms. The van der Waals surface area contributed by atoms with E-state index in [1.165, 1.54) is 6.21 Å². The highest BCUT2D eigenvalue weighted by Crippen LogP contribution is 2.33. The standard InChI is InChI=1S/C23H23N5O2/c1-26-12-18(11-25)17-9-20-21(14-28-23(20)27-13-17)15-2-3-22(16(8-15)10-24)30-19-4-6-29-7-5-19/h2-3,8-9,11-14,18-19,25H,4-7H2,1H3,(H,27,28). The van der Waals surface area contributed by atoms with Crippen LogP contribution in [0.3, 0.4) is 0 Å². The van der Waals surface area contributed by atoms with Crippen molar-refractivity contribution in [2.45, 2.75) is 24.9 Å². The van der Waals surface area contributed by atoms with Gasteiger partial charge in [-0.05, 0) is 29.3 Å². The van der Waals surface area contributed by atoms with Gasteiger partial charge in [0.1, 0.15) is 23.6 Å². The molecule has 1 aliphatic rings. The number of H-pyrrole nitrogens is 1. The first-order chi connectivity index (χ1) is 14.7. The minimum atomic E-state index is -0.223. The van der Waals surface area contributed by atoms with Gasteiger partial charge in [0.05, 0.1) is 24.7 Å². The van der Waals surface area contributed by atoms with E-state index >= 15 is 0 Å². The molecule has 1 aromatic carbocycles. The van der Waals surface area contributed by atoms with Gasteiger partial charge < -0.3 is 19.9 Å². The Bertz CT molecular complexity index is 1120. The van der Waals surface area contributed by atoms with Crippen LogP contribution >= 0.6 is 0 Å². The van der Waals surface area contributed by atoms with Crippen LogP contribution in [0.15, 0.2) is 41.7 Å². The third-order valence-electron chi connectivity index (χ3n) is 5.30. The van der Waals surface area contributed by atoms with Crippen molar-refractivity contribution in [1.82, 2.24) is 9.97 Å². The summed E-state index contributed by atoms with van der Waals surface area (Å²) in [4.78, 5) is 11.7. The SMILES string of the molecule is CN=CC(C=N)c1cnc2[nH]cc(-c3ccc(OC4CCOCC4)c(C#N)c3)c2c1. The Labute approximate surface area is 174 Å². The zero-order chi connectivity index (χ0) is 20.9. The number of aromatic nitrogens is 2. The number of benzene rings is 1. The second-order valence-corrected chi connectivity index (χ2v) is 7.22. The number of aliphatic imine (C=N–C) groups is 1. The molecule has 1 saturated heterocycles. The van der Waals surface area contributed by atoms with E-state index in [-0.39, 0.29) is 12.0 Å². The molecule has 152 valence electrons. The van der Waals surface area contributed by atoms with E-state index in [4.69, 9.17) is 14.9 Å². The van der Waals surface area contributed by atoms with E-state index < -0.39 is 0 Å². The largest absolute Gasteiger partial charge is 0.489 e. The first kappa shape index (κ1) is 19.8. The van der Waals surface area contributed by atoms with Crippen molar-refractivity contribution in [3.8, 4) is 22.9 Å². The molecule has 1 atom stereocenters. The van der Waals surface area contributed by atoms with Crippen molar-refractivity contribution in [2.24, 2.45) is 4.99 Å². The van der Waals surface area contributed by atoms with Crippen molar-refractivity contribution in [2.75, 3.05) is 20.3 Å². The summed E-state index contributed by atoms with van der Waals surface area (Å²) in [6, 6.07) is 9.96. The third kappa shape index (κ3) is 3.95. The van der Waals surface area contributed by atoms with Crippen LogP contribution in [0, 0.1) is 16.7 Å². The molecule has 1 aliphatic heterocycles. The Morgan fingerprint density at radius 3 is 2.93 bits per heavy atom. The van der Waals surface area contributed by atoms with Crippen molar-refractivity contribution >= 4 is 23.5 Å². The molecule has 1 unspecified atom stereocenters. The first-order valence-corrected chi connectivity index (χ1v) is 9.92. The van der Waals surface area contributed by atoms with E-state index in [1.807, 2.05) is 30.5 Å². The summed E-state index contributed by atoms with van der Waals surface area (Å²) < 4.78 is 11.4. The van der Waals surface area contributed by atoms with Gasteiger partial charge in [0.15, 0.2) is 0 Å². The Hall–Kier alpha value is -3.50. The molecule has 3 aromatic rings. The number of nitriles is 1. The maximum absolute atomic E-state index is 9.68. The van der Waals surface area contributed by atoms with E-state index in [0.717, 1.165) is 40.6 Å². The van der Waals surface area contributed by atoms with Gasteiger partial charge in [-0.25, -0.2) is 4.98 Å². The van der Waals surface area contributed by atoms with Gasteiger partial charge in [-0.15, -0.1) is 0 Å². The molecule has 4 rings (SSSR count). The van der Waals surface area contributed by atoms with Gasteiger partial charge in [-0.2, -0.15) is 5.26 Å². The molecule has 0 aliphatic carbocycles. The van der Waals surface area contributed by atoms with Crippen molar-refractivity contribution in [3.63, 3.8) is 0 Å². The van der Waals surface area contributed by atoms with Gasteiger partial charge in [0.25, 0.3) is 0 Å². The van der Waals surface area contributed by atoms with Gasteiger partial charge in [-0.3, -0.25) is 4.99 Å². The van der Waals surface area contributed by atoms with Gasteiger partial charge in [0.2, 0.25) is 0 Å². The molecule has 0 saturated carbocycles. The number of pyridine rings is 1. The van der Waals surface area contributed by atoms with Crippen molar-refractivity contribution < 1.29 is 9.47 Å². The van der Waals surface area contributed by atoms with Crippen molar-refractivity contribution in [1.29, 1.82) is 10.7 Å². The average molecular weight is 401 g/mol. The number of hydrogen-bond donors (Lipinski definition) is 2. The summed E-state index contributed by atoms with van der Waals surface area (Å²) in [6.45, 7) is 1.38.